The van der Waals surface area contributed by atoms with Gasteiger partial charge in [-0.3, -0.25) is 24.0 Å². The summed E-state index contributed by atoms with van der Waals surface area (Å²) < 4.78 is 17.8. The second kappa shape index (κ2) is 7.66. The van der Waals surface area contributed by atoms with Crippen molar-refractivity contribution in [3.8, 4) is 0 Å². The van der Waals surface area contributed by atoms with Gasteiger partial charge < -0.3 is 0 Å². The summed E-state index contributed by atoms with van der Waals surface area (Å²) in [4.78, 5) is 36.5. The molecule has 0 spiro atoms. The van der Waals surface area contributed by atoms with E-state index in [9.17, 15) is 18.8 Å². The fraction of sp³-hybridized carbons (Fsp3) is 0.550. The summed E-state index contributed by atoms with van der Waals surface area (Å²) in [5, 5.41) is 2.27. The Morgan fingerprint density at radius 1 is 1.15 bits per heavy atom. The highest BCUT2D eigenvalue weighted by atomic mass is 19.1. The number of aromatic nitrogens is 2. The van der Waals surface area contributed by atoms with Gasteiger partial charge in [0.05, 0.1) is 11.0 Å². The Kier molecular flexibility index (Phi) is 5.48. The maximum Gasteiger partial charge on any atom is 0.329 e. The number of benzene rings is 1. The van der Waals surface area contributed by atoms with Crippen LogP contribution >= 0.6 is 0 Å². The van der Waals surface area contributed by atoms with Gasteiger partial charge in [-0.2, -0.15) is 0 Å². The van der Waals surface area contributed by atoms with E-state index < -0.39 is 11.9 Å². The third-order valence-electron chi connectivity index (χ3n) is 5.44. The highest BCUT2D eigenvalue weighted by Gasteiger charge is 2.31. The van der Waals surface area contributed by atoms with Gasteiger partial charge in [0, 0.05) is 19.5 Å². The zero-order valence-corrected chi connectivity index (χ0v) is 16.0. The van der Waals surface area contributed by atoms with Crippen molar-refractivity contribution >= 4 is 22.8 Å². The maximum absolute atomic E-state index is 15.0. The van der Waals surface area contributed by atoms with E-state index >= 15 is 0 Å². The normalized spacial score (nSPS) is 17.7. The third kappa shape index (κ3) is 3.42. The molecule has 0 saturated carbocycles. The second-order valence-electron chi connectivity index (χ2n) is 7.32. The van der Waals surface area contributed by atoms with Crippen molar-refractivity contribution in [3.63, 3.8) is 0 Å². The Bertz CT molecular complexity index is 938. The average Bonchev–Trinajstić information content (AvgIpc) is 2.85. The number of nitrogens with zero attached hydrogens (tertiary/aromatic N) is 2. The molecule has 7 heteroatoms. The van der Waals surface area contributed by atoms with E-state index in [0.717, 1.165) is 25.7 Å². The number of hydrogen-bond donors (Lipinski definition) is 1. The lowest BCUT2D eigenvalue weighted by atomic mass is 9.89. The van der Waals surface area contributed by atoms with Crippen LogP contribution in [-0.2, 0) is 16.6 Å². The molecule has 1 aliphatic rings. The highest BCUT2D eigenvalue weighted by molar-refractivity contribution is 6.00. The van der Waals surface area contributed by atoms with Crippen molar-refractivity contribution in [2.75, 3.05) is 0 Å². The number of imidazole rings is 1. The van der Waals surface area contributed by atoms with Gasteiger partial charge >= 0.3 is 5.69 Å². The number of nitrogens with one attached hydrogen (secondary N) is 1. The molecular weight excluding hydrogens is 349 g/mol. The molecule has 2 aromatic rings. The predicted molar refractivity (Wildman–Crippen MR) is 101 cm³/mol. The number of fused-ring (bicyclic) bond motifs is 1. The molecule has 146 valence electrons. The van der Waals surface area contributed by atoms with Crippen LogP contribution in [0.5, 0.6) is 0 Å². The minimum Gasteiger partial charge on any atom is -0.295 e. The van der Waals surface area contributed by atoms with Crippen molar-refractivity contribution in [3.05, 3.63) is 34.0 Å². The number of rotatable bonds is 6. The molecule has 0 radical (unpaired) electrons. The summed E-state index contributed by atoms with van der Waals surface area (Å²) in [6.07, 6.45) is 4.09. The van der Waals surface area contributed by atoms with Crippen LogP contribution in [0.1, 0.15) is 69.9 Å². The third-order valence-corrected chi connectivity index (χ3v) is 5.44. The van der Waals surface area contributed by atoms with E-state index in [1.165, 1.54) is 15.2 Å². The summed E-state index contributed by atoms with van der Waals surface area (Å²) in [5.41, 5.74) is 1.25. The first-order valence-electron chi connectivity index (χ1n) is 9.63. The molecule has 1 atom stereocenters. The van der Waals surface area contributed by atoms with E-state index in [-0.39, 0.29) is 36.2 Å². The van der Waals surface area contributed by atoms with Crippen LogP contribution < -0.4 is 11.0 Å². The lowest BCUT2D eigenvalue weighted by molar-refractivity contribution is -0.135. The van der Waals surface area contributed by atoms with Crippen LogP contribution in [0.25, 0.3) is 11.0 Å². The van der Waals surface area contributed by atoms with Crippen molar-refractivity contribution in [1.82, 2.24) is 14.5 Å². The summed E-state index contributed by atoms with van der Waals surface area (Å²) >= 11 is 0. The molecule has 0 aliphatic carbocycles. The number of carbonyl (C=O) groups excluding carboxylic acids is 2. The minimum absolute atomic E-state index is 0.110. The van der Waals surface area contributed by atoms with E-state index in [1.54, 1.807) is 13.1 Å². The van der Waals surface area contributed by atoms with Crippen LogP contribution in [0.4, 0.5) is 4.39 Å². The van der Waals surface area contributed by atoms with Gasteiger partial charge in [0.1, 0.15) is 11.9 Å². The fourth-order valence-electron chi connectivity index (χ4n) is 4.09. The van der Waals surface area contributed by atoms with Crippen LogP contribution in [-0.4, -0.2) is 20.9 Å². The SMILES string of the molecule is CCCC(CCC)c1cc2c(cc1F)n(C1CCC(=O)NC1=O)c(=O)n2C. The molecule has 1 saturated heterocycles. The van der Waals surface area contributed by atoms with E-state index in [1.807, 2.05) is 0 Å². The van der Waals surface area contributed by atoms with Gasteiger partial charge in [0.2, 0.25) is 11.8 Å². The zero-order chi connectivity index (χ0) is 19.7. The van der Waals surface area contributed by atoms with E-state index in [4.69, 9.17) is 0 Å². The Morgan fingerprint density at radius 2 is 1.81 bits per heavy atom. The van der Waals surface area contributed by atoms with E-state index in [0.29, 0.717) is 16.6 Å². The van der Waals surface area contributed by atoms with Crippen molar-refractivity contribution in [2.45, 2.75) is 64.3 Å². The first kappa shape index (κ1) is 19.3. The van der Waals surface area contributed by atoms with Crippen LogP contribution in [0.2, 0.25) is 0 Å². The molecule has 2 heterocycles. The first-order valence-corrected chi connectivity index (χ1v) is 9.63. The smallest absolute Gasteiger partial charge is 0.295 e. The van der Waals surface area contributed by atoms with Gasteiger partial charge in [-0.15, -0.1) is 0 Å². The largest absolute Gasteiger partial charge is 0.329 e. The number of amides is 2. The van der Waals surface area contributed by atoms with Crippen LogP contribution in [0.3, 0.4) is 0 Å². The Balaban J connectivity index is 2.14. The lowest BCUT2D eigenvalue weighted by Crippen LogP contribution is -2.44. The molecule has 27 heavy (non-hydrogen) atoms. The molecular formula is C20H26FN3O3. The molecule has 1 unspecified atom stereocenters. The molecule has 1 aliphatic heterocycles. The molecule has 3 rings (SSSR count). The zero-order valence-electron chi connectivity index (χ0n) is 16.0. The maximum atomic E-state index is 15.0. The van der Waals surface area contributed by atoms with Gasteiger partial charge in [-0.1, -0.05) is 26.7 Å². The summed E-state index contributed by atoms with van der Waals surface area (Å²) in [6.45, 7) is 4.16. The van der Waals surface area contributed by atoms with Gasteiger partial charge in [0.25, 0.3) is 0 Å². The monoisotopic (exact) mass is 375 g/mol. The standard InChI is InChI=1S/C20H26FN3O3/c1-4-6-12(7-5-2)13-10-16-17(11-14(13)21)24(20(27)23(16)3)15-8-9-18(25)22-19(15)26/h10-12,15H,4-9H2,1-3H3,(H,22,25,26). The van der Waals surface area contributed by atoms with Crippen LogP contribution in [0, 0.1) is 5.82 Å². The minimum atomic E-state index is -0.800. The number of aryl methyl sites for hydroxylation is 1. The molecule has 1 aromatic carbocycles. The Morgan fingerprint density at radius 3 is 2.41 bits per heavy atom. The molecule has 1 N–H and O–H groups in total. The number of piperidine rings is 1. The molecule has 1 aromatic heterocycles. The lowest BCUT2D eigenvalue weighted by Gasteiger charge is -2.22. The fourth-order valence-corrected chi connectivity index (χ4v) is 4.09. The molecule has 1 fully saturated rings. The van der Waals surface area contributed by atoms with Gasteiger partial charge in [0.15, 0.2) is 0 Å². The molecule has 0 bridgehead atoms. The van der Waals surface area contributed by atoms with Crippen LogP contribution in [0.15, 0.2) is 16.9 Å². The summed E-state index contributed by atoms with van der Waals surface area (Å²) in [6, 6.07) is 2.32. The van der Waals surface area contributed by atoms with E-state index in [2.05, 4.69) is 19.2 Å². The molecule has 6 nitrogen and oxygen atoms in total. The number of carbonyl (C=O) groups is 2. The first-order chi connectivity index (χ1) is 12.9. The van der Waals surface area contributed by atoms with Crippen molar-refractivity contribution in [2.24, 2.45) is 7.05 Å². The highest BCUT2D eigenvalue weighted by Crippen LogP contribution is 2.32. The number of imide groups is 1. The predicted octanol–water partition coefficient (Wildman–Crippen LogP) is 3.14. The number of hydrogen-bond acceptors (Lipinski definition) is 3. The Hall–Kier alpha value is -2.44. The van der Waals surface area contributed by atoms with Crippen molar-refractivity contribution < 1.29 is 14.0 Å². The average molecular weight is 375 g/mol. The van der Waals surface area contributed by atoms with Gasteiger partial charge in [-0.25, -0.2) is 9.18 Å². The van der Waals surface area contributed by atoms with Crippen molar-refractivity contribution in [1.29, 1.82) is 0 Å². The summed E-state index contributed by atoms with van der Waals surface area (Å²) in [7, 11) is 1.63. The topological polar surface area (TPSA) is 73.1 Å². The molecule has 2 amide bonds. The quantitative estimate of drug-likeness (QED) is 0.789. The van der Waals surface area contributed by atoms with Gasteiger partial charge in [-0.05, 0) is 36.8 Å². The summed E-state index contributed by atoms with van der Waals surface area (Å²) in [5.74, 6) is -1.10. The number of halogens is 1. The second-order valence-corrected chi connectivity index (χ2v) is 7.32. The Labute approximate surface area is 157 Å².